The fraction of sp³-hybridized carbons (Fsp3) is 0.269. The molecule has 1 aromatic heterocycles. The van der Waals surface area contributed by atoms with Gasteiger partial charge in [0.1, 0.15) is 0 Å². The number of fused-ring (bicyclic) bond motifs is 1. The Bertz CT molecular complexity index is 1440. The maximum Gasteiger partial charge on any atom is 0.338 e. The second-order valence-corrected chi connectivity index (χ2v) is 8.68. The van der Waals surface area contributed by atoms with E-state index in [4.69, 9.17) is 18.9 Å². The molecule has 9 heteroatoms. The summed E-state index contributed by atoms with van der Waals surface area (Å²) >= 11 is 1.25. The molecular formula is C26H26N2O6S. The summed E-state index contributed by atoms with van der Waals surface area (Å²) in [5.74, 6) is 0.941. The van der Waals surface area contributed by atoms with Gasteiger partial charge in [-0.15, -0.1) is 0 Å². The van der Waals surface area contributed by atoms with E-state index in [9.17, 15) is 9.59 Å². The minimum absolute atomic E-state index is 0.225. The van der Waals surface area contributed by atoms with Crippen LogP contribution in [-0.2, 0) is 9.53 Å². The highest BCUT2D eigenvalue weighted by atomic mass is 32.1. The molecule has 0 saturated carbocycles. The maximum atomic E-state index is 13.7. The van der Waals surface area contributed by atoms with Gasteiger partial charge >= 0.3 is 5.97 Å². The average Bonchev–Trinajstić information content (AvgIpc) is 3.17. The van der Waals surface area contributed by atoms with Crippen molar-refractivity contribution >= 4 is 23.4 Å². The summed E-state index contributed by atoms with van der Waals surface area (Å²) in [6, 6.07) is 12.3. The van der Waals surface area contributed by atoms with Crippen LogP contribution in [0.1, 0.15) is 31.0 Å². The molecule has 182 valence electrons. The van der Waals surface area contributed by atoms with Crippen molar-refractivity contribution in [2.45, 2.75) is 19.9 Å². The summed E-state index contributed by atoms with van der Waals surface area (Å²) < 4.78 is 23.6. The molecule has 0 N–H and O–H groups in total. The molecular weight excluding hydrogens is 468 g/mol. The number of rotatable bonds is 7. The summed E-state index contributed by atoms with van der Waals surface area (Å²) in [7, 11) is 4.61. The van der Waals surface area contributed by atoms with Gasteiger partial charge in [0, 0.05) is 0 Å². The highest BCUT2D eigenvalue weighted by Gasteiger charge is 2.33. The Labute approximate surface area is 206 Å². The van der Waals surface area contributed by atoms with Gasteiger partial charge < -0.3 is 18.9 Å². The summed E-state index contributed by atoms with van der Waals surface area (Å²) in [5.41, 5.74) is 2.11. The lowest BCUT2D eigenvalue weighted by atomic mass is 9.96. The minimum atomic E-state index is -0.645. The van der Waals surface area contributed by atoms with E-state index >= 15 is 0 Å². The lowest BCUT2D eigenvalue weighted by molar-refractivity contribution is -0.139. The van der Waals surface area contributed by atoms with E-state index in [-0.39, 0.29) is 12.2 Å². The summed E-state index contributed by atoms with van der Waals surface area (Å²) in [5, 5.41) is 0. The molecule has 0 amide bonds. The van der Waals surface area contributed by atoms with Crippen LogP contribution in [0.5, 0.6) is 17.2 Å². The number of aromatic nitrogens is 1. The largest absolute Gasteiger partial charge is 0.493 e. The van der Waals surface area contributed by atoms with Crippen LogP contribution in [0.25, 0.3) is 6.08 Å². The summed E-state index contributed by atoms with van der Waals surface area (Å²) in [6.07, 6.45) is 1.75. The quantitative estimate of drug-likeness (QED) is 0.470. The van der Waals surface area contributed by atoms with E-state index in [2.05, 4.69) is 4.99 Å². The van der Waals surface area contributed by atoms with Gasteiger partial charge in [0.25, 0.3) is 5.56 Å². The Balaban J connectivity index is 1.94. The van der Waals surface area contributed by atoms with E-state index < -0.39 is 12.0 Å². The number of carbonyl (C=O) groups excluding carboxylic acids is 1. The number of hydrogen-bond donors (Lipinski definition) is 0. The van der Waals surface area contributed by atoms with Gasteiger partial charge in [-0.3, -0.25) is 9.36 Å². The SMILES string of the molecule is CCOC(=O)C1=C(C)N=c2sc(=Cc3cc(OC)c(OC)c(OC)c3)c(=O)n2C1c1ccccc1. The van der Waals surface area contributed by atoms with E-state index in [1.807, 2.05) is 30.3 Å². The van der Waals surface area contributed by atoms with E-state index in [0.717, 1.165) is 5.56 Å². The van der Waals surface area contributed by atoms with Crippen molar-refractivity contribution in [2.75, 3.05) is 27.9 Å². The fourth-order valence-corrected chi connectivity index (χ4v) is 5.12. The molecule has 1 aliphatic rings. The normalized spacial score (nSPS) is 15.3. The predicted molar refractivity (Wildman–Crippen MR) is 133 cm³/mol. The number of hydrogen-bond acceptors (Lipinski definition) is 8. The maximum absolute atomic E-state index is 13.7. The number of allylic oxidation sites excluding steroid dienone is 1. The molecule has 2 heterocycles. The molecule has 0 fully saturated rings. The third kappa shape index (κ3) is 4.46. The van der Waals surface area contributed by atoms with Crippen molar-refractivity contribution in [1.29, 1.82) is 0 Å². The first-order valence-electron chi connectivity index (χ1n) is 11.0. The zero-order chi connectivity index (χ0) is 25.1. The zero-order valence-electron chi connectivity index (χ0n) is 20.2. The monoisotopic (exact) mass is 494 g/mol. The Hall–Kier alpha value is -3.85. The van der Waals surface area contributed by atoms with E-state index in [0.29, 0.717) is 43.4 Å². The first kappa shape index (κ1) is 24.3. The number of esters is 1. The highest BCUT2D eigenvalue weighted by molar-refractivity contribution is 7.07. The number of benzene rings is 2. The third-order valence-corrected chi connectivity index (χ3v) is 6.60. The van der Waals surface area contributed by atoms with Gasteiger partial charge in [-0.05, 0) is 43.2 Å². The second-order valence-electron chi connectivity index (χ2n) is 7.67. The number of thiazole rings is 1. The fourth-order valence-electron chi connectivity index (χ4n) is 4.08. The minimum Gasteiger partial charge on any atom is -0.493 e. The molecule has 2 aromatic carbocycles. The Morgan fingerprint density at radius 1 is 1.09 bits per heavy atom. The third-order valence-electron chi connectivity index (χ3n) is 5.62. The Morgan fingerprint density at radius 2 is 1.74 bits per heavy atom. The van der Waals surface area contributed by atoms with Crippen LogP contribution in [0.15, 0.2) is 63.5 Å². The van der Waals surface area contributed by atoms with Crippen molar-refractivity contribution in [3.05, 3.63) is 84.5 Å². The molecule has 1 aliphatic heterocycles. The van der Waals surface area contributed by atoms with Gasteiger partial charge in [0.2, 0.25) is 5.75 Å². The summed E-state index contributed by atoms with van der Waals surface area (Å²) in [6.45, 7) is 3.74. The molecule has 1 atom stereocenters. The van der Waals surface area contributed by atoms with Crippen molar-refractivity contribution in [2.24, 2.45) is 4.99 Å². The summed E-state index contributed by atoms with van der Waals surface area (Å²) in [4.78, 5) is 31.7. The van der Waals surface area contributed by atoms with Crippen molar-refractivity contribution in [1.82, 2.24) is 4.57 Å². The average molecular weight is 495 g/mol. The van der Waals surface area contributed by atoms with Crippen LogP contribution in [0, 0.1) is 0 Å². The molecule has 0 spiro atoms. The van der Waals surface area contributed by atoms with Gasteiger partial charge in [-0.1, -0.05) is 41.7 Å². The van der Waals surface area contributed by atoms with Gasteiger partial charge in [0.05, 0.1) is 49.8 Å². The molecule has 8 nitrogen and oxygen atoms in total. The standard InChI is InChI=1S/C26H26N2O6S/c1-6-34-25(30)21-15(2)27-26-28(22(21)17-10-8-7-9-11-17)24(29)20(35-26)14-16-12-18(31-3)23(33-5)19(13-16)32-4/h7-14,22H,6H2,1-5H3. The number of carbonyl (C=O) groups is 1. The number of nitrogens with zero attached hydrogens (tertiary/aromatic N) is 2. The topological polar surface area (TPSA) is 88.4 Å². The smallest absolute Gasteiger partial charge is 0.338 e. The van der Waals surface area contributed by atoms with Crippen molar-refractivity contribution in [3.8, 4) is 17.2 Å². The molecule has 4 rings (SSSR count). The highest BCUT2D eigenvalue weighted by Crippen LogP contribution is 2.38. The molecule has 0 radical (unpaired) electrons. The van der Waals surface area contributed by atoms with Crippen LogP contribution in [-0.4, -0.2) is 38.5 Å². The zero-order valence-corrected chi connectivity index (χ0v) is 21.0. The first-order chi connectivity index (χ1) is 16.9. The first-order valence-corrected chi connectivity index (χ1v) is 11.8. The molecule has 35 heavy (non-hydrogen) atoms. The Kier molecular flexibility index (Phi) is 7.07. The van der Waals surface area contributed by atoms with Crippen LogP contribution >= 0.6 is 11.3 Å². The van der Waals surface area contributed by atoms with Crippen LogP contribution in [0.3, 0.4) is 0 Å². The lowest BCUT2D eigenvalue weighted by Crippen LogP contribution is -2.39. The lowest BCUT2D eigenvalue weighted by Gasteiger charge is -2.24. The van der Waals surface area contributed by atoms with Crippen molar-refractivity contribution in [3.63, 3.8) is 0 Å². The number of methoxy groups -OCH3 is 3. The second kappa shape index (κ2) is 10.2. The van der Waals surface area contributed by atoms with Gasteiger partial charge in [0.15, 0.2) is 16.3 Å². The van der Waals surface area contributed by atoms with Gasteiger partial charge in [-0.25, -0.2) is 9.79 Å². The molecule has 1 unspecified atom stereocenters. The van der Waals surface area contributed by atoms with E-state index in [1.54, 1.807) is 36.6 Å². The molecule has 0 aliphatic carbocycles. The van der Waals surface area contributed by atoms with Crippen LogP contribution < -0.4 is 29.1 Å². The molecule has 3 aromatic rings. The van der Waals surface area contributed by atoms with Gasteiger partial charge in [-0.2, -0.15) is 0 Å². The molecule has 0 bridgehead atoms. The van der Waals surface area contributed by atoms with Crippen LogP contribution in [0.2, 0.25) is 0 Å². The predicted octanol–water partition coefficient (Wildman–Crippen LogP) is 2.82. The number of ether oxygens (including phenoxy) is 4. The van der Waals surface area contributed by atoms with Crippen molar-refractivity contribution < 1.29 is 23.7 Å². The van der Waals surface area contributed by atoms with E-state index in [1.165, 1.54) is 32.7 Å². The molecule has 0 saturated heterocycles. The van der Waals surface area contributed by atoms with Crippen LogP contribution in [0.4, 0.5) is 0 Å². The Morgan fingerprint density at radius 3 is 2.31 bits per heavy atom.